The Labute approximate surface area is 112 Å². The number of rotatable bonds is 6. The Kier molecular flexibility index (Phi) is 4.74. The van der Waals surface area contributed by atoms with Gasteiger partial charge in [-0.2, -0.15) is 0 Å². The number of para-hydroxylation sites is 1. The maximum absolute atomic E-state index is 13.8. The molecule has 0 radical (unpaired) electrons. The molecule has 0 saturated heterocycles. The number of nitrogens with zero attached hydrogens (tertiary/aromatic N) is 1. The van der Waals surface area contributed by atoms with Gasteiger partial charge in [0, 0.05) is 26.8 Å². The molecule has 0 unspecified atom stereocenters. The molecule has 1 aromatic rings. The van der Waals surface area contributed by atoms with Crippen molar-refractivity contribution in [2.75, 3.05) is 38.3 Å². The third-order valence-corrected chi connectivity index (χ3v) is 3.22. The van der Waals surface area contributed by atoms with Gasteiger partial charge in [0.25, 0.3) is 0 Å². The minimum absolute atomic E-state index is 0.0767. The second-order valence-corrected chi connectivity index (χ2v) is 4.62. The van der Waals surface area contributed by atoms with Crippen LogP contribution in [0.25, 0.3) is 0 Å². The first-order valence-corrected chi connectivity index (χ1v) is 6.50. The van der Waals surface area contributed by atoms with E-state index in [1.165, 1.54) is 6.07 Å². The van der Waals surface area contributed by atoms with E-state index in [1.54, 1.807) is 18.1 Å². The molecule has 4 nitrogen and oxygen atoms in total. The van der Waals surface area contributed by atoms with Crippen LogP contribution in [0.1, 0.15) is 12.0 Å². The van der Waals surface area contributed by atoms with Crippen molar-refractivity contribution in [1.82, 2.24) is 5.32 Å². The Hall–Kier alpha value is -1.62. The number of hydrogen-bond donors (Lipinski definition) is 1. The molecule has 0 spiro atoms. The highest BCUT2D eigenvalue weighted by molar-refractivity contribution is 5.82. The molecule has 0 atom stereocenters. The highest BCUT2D eigenvalue weighted by Gasteiger charge is 2.23. The van der Waals surface area contributed by atoms with E-state index in [-0.39, 0.29) is 18.3 Å². The summed E-state index contributed by atoms with van der Waals surface area (Å²) in [5.41, 5.74) is 1.56. The second-order valence-electron chi connectivity index (χ2n) is 4.62. The largest absolute Gasteiger partial charge is 0.385 e. The predicted octanol–water partition coefficient (Wildman–Crippen LogP) is 1.34. The van der Waals surface area contributed by atoms with Gasteiger partial charge in [0.15, 0.2) is 0 Å². The van der Waals surface area contributed by atoms with Crippen LogP contribution < -0.4 is 10.2 Å². The first kappa shape index (κ1) is 13.8. The molecule has 1 N–H and O–H groups in total. The lowest BCUT2D eigenvalue weighted by Crippen LogP contribution is -2.37. The molecular weight excluding hydrogens is 247 g/mol. The first-order chi connectivity index (χ1) is 9.22. The van der Waals surface area contributed by atoms with Gasteiger partial charge in [0.2, 0.25) is 5.91 Å². The zero-order chi connectivity index (χ0) is 13.7. The van der Waals surface area contributed by atoms with Crippen LogP contribution in [-0.2, 0) is 16.0 Å². The smallest absolute Gasteiger partial charge is 0.239 e. The fourth-order valence-corrected chi connectivity index (χ4v) is 2.31. The highest BCUT2D eigenvalue weighted by Crippen LogP contribution is 2.30. The minimum atomic E-state index is -0.248. The van der Waals surface area contributed by atoms with E-state index >= 15 is 0 Å². The highest BCUT2D eigenvalue weighted by atomic mass is 19.1. The molecule has 0 fully saturated rings. The van der Waals surface area contributed by atoms with Crippen LogP contribution in [0.5, 0.6) is 0 Å². The number of carbonyl (C=O) groups excluding carboxylic acids is 1. The van der Waals surface area contributed by atoms with E-state index in [0.29, 0.717) is 25.4 Å². The quantitative estimate of drug-likeness (QED) is 0.790. The normalized spacial score (nSPS) is 13.5. The van der Waals surface area contributed by atoms with Gasteiger partial charge in [0.05, 0.1) is 12.2 Å². The molecule has 0 aliphatic carbocycles. The molecule has 1 amide bonds. The molecule has 0 aromatic heterocycles. The minimum Gasteiger partial charge on any atom is -0.385 e. The summed E-state index contributed by atoms with van der Waals surface area (Å²) in [6.45, 7) is 2.12. The molecule has 5 heteroatoms. The summed E-state index contributed by atoms with van der Waals surface area (Å²) in [4.78, 5) is 13.6. The van der Waals surface area contributed by atoms with Crippen molar-refractivity contribution in [1.29, 1.82) is 0 Å². The van der Waals surface area contributed by atoms with Crippen molar-refractivity contribution < 1.29 is 13.9 Å². The number of benzene rings is 1. The van der Waals surface area contributed by atoms with Crippen molar-refractivity contribution in [3.05, 3.63) is 29.6 Å². The molecule has 0 saturated carbocycles. The van der Waals surface area contributed by atoms with Crippen molar-refractivity contribution in [2.24, 2.45) is 0 Å². The van der Waals surface area contributed by atoms with Gasteiger partial charge < -0.3 is 15.0 Å². The van der Waals surface area contributed by atoms with Gasteiger partial charge in [-0.25, -0.2) is 4.39 Å². The lowest BCUT2D eigenvalue weighted by atomic mass is 10.1. The van der Waals surface area contributed by atoms with Gasteiger partial charge in [-0.15, -0.1) is 0 Å². The summed E-state index contributed by atoms with van der Waals surface area (Å²) in [5.74, 6) is -0.325. The number of amides is 1. The van der Waals surface area contributed by atoms with Crippen LogP contribution >= 0.6 is 0 Å². The fourth-order valence-electron chi connectivity index (χ4n) is 2.31. The van der Waals surface area contributed by atoms with E-state index in [0.717, 1.165) is 18.4 Å². The predicted molar refractivity (Wildman–Crippen MR) is 71.8 cm³/mol. The number of halogens is 1. The molecule has 1 aliphatic heterocycles. The number of methoxy groups -OCH3 is 1. The summed E-state index contributed by atoms with van der Waals surface area (Å²) in [6, 6.07) is 5.06. The van der Waals surface area contributed by atoms with E-state index in [9.17, 15) is 9.18 Å². The fraction of sp³-hybridized carbons (Fsp3) is 0.500. The number of ether oxygens (including phenoxy) is 1. The monoisotopic (exact) mass is 266 g/mol. The Balaban J connectivity index is 1.87. The van der Waals surface area contributed by atoms with Crippen LogP contribution in [0.3, 0.4) is 0 Å². The van der Waals surface area contributed by atoms with Crippen LogP contribution in [0.15, 0.2) is 18.2 Å². The van der Waals surface area contributed by atoms with Gasteiger partial charge in [-0.3, -0.25) is 4.79 Å². The molecule has 1 heterocycles. The Morgan fingerprint density at radius 2 is 2.37 bits per heavy atom. The lowest BCUT2D eigenvalue weighted by Gasteiger charge is -2.19. The molecule has 1 aliphatic rings. The van der Waals surface area contributed by atoms with E-state index in [4.69, 9.17) is 4.74 Å². The Morgan fingerprint density at radius 1 is 1.53 bits per heavy atom. The van der Waals surface area contributed by atoms with Crippen molar-refractivity contribution >= 4 is 11.6 Å². The molecular formula is C14H19FN2O2. The van der Waals surface area contributed by atoms with Gasteiger partial charge in [-0.05, 0) is 24.5 Å². The zero-order valence-electron chi connectivity index (χ0n) is 11.1. The van der Waals surface area contributed by atoms with Gasteiger partial charge in [0.1, 0.15) is 5.82 Å². The summed E-state index contributed by atoms with van der Waals surface area (Å²) in [5, 5.41) is 2.81. The first-order valence-electron chi connectivity index (χ1n) is 6.50. The number of hydrogen-bond acceptors (Lipinski definition) is 3. The average molecular weight is 266 g/mol. The van der Waals surface area contributed by atoms with Crippen LogP contribution in [0, 0.1) is 5.82 Å². The topological polar surface area (TPSA) is 41.6 Å². The van der Waals surface area contributed by atoms with Gasteiger partial charge >= 0.3 is 0 Å². The van der Waals surface area contributed by atoms with Crippen molar-refractivity contribution in [3.63, 3.8) is 0 Å². The van der Waals surface area contributed by atoms with E-state index in [2.05, 4.69) is 5.32 Å². The summed E-state index contributed by atoms with van der Waals surface area (Å²) in [6.07, 6.45) is 1.58. The van der Waals surface area contributed by atoms with E-state index in [1.807, 2.05) is 6.07 Å². The molecule has 1 aromatic carbocycles. The number of carbonyl (C=O) groups is 1. The maximum atomic E-state index is 13.8. The second kappa shape index (κ2) is 6.52. The summed E-state index contributed by atoms with van der Waals surface area (Å²) >= 11 is 0. The Bertz CT molecular complexity index is 451. The van der Waals surface area contributed by atoms with Gasteiger partial charge in [-0.1, -0.05) is 12.1 Å². The molecule has 104 valence electrons. The van der Waals surface area contributed by atoms with Crippen LogP contribution in [0.2, 0.25) is 0 Å². The molecule has 0 bridgehead atoms. The summed E-state index contributed by atoms with van der Waals surface area (Å²) in [7, 11) is 1.63. The zero-order valence-corrected chi connectivity index (χ0v) is 11.1. The standard InChI is InChI=1S/C14H19FN2O2/c1-19-9-3-7-16-13(18)10-17-8-6-11-4-2-5-12(15)14(11)17/h2,4-5H,3,6-10H2,1H3,(H,16,18). The molecule has 19 heavy (non-hydrogen) atoms. The maximum Gasteiger partial charge on any atom is 0.239 e. The number of fused-ring (bicyclic) bond motifs is 1. The summed E-state index contributed by atoms with van der Waals surface area (Å²) < 4.78 is 18.7. The van der Waals surface area contributed by atoms with E-state index < -0.39 is 0 Å². The van der Waals surface area contributed by atoms with Crippen LogP contribution in [-0.4, -0.2) is 39.3 Å². The number of anilines is 1. The van der Waals surface area contributed by atoms with Crippen molar-refractivity contribution in [2.45, 2.75) is 12.8 Å². The third kappa shape index (κ3) is 3.44. The third-order valence-electron chi connectivity index (χ3n) is 3.22. The Morgan fingerprint density at radius 3 is 3.16 bits per heavy atom. The molecule has 2 rings (SSSR count). The van der Waals surface area contributed by atoms with Crippen LogP contribution in [0.4, 0.5) is 10.1 Å². The average Bonchev–Trinajstić information content (AvgIpc) is 2.79. The lowest BCUT2D eigenvalue weighted by molar-refractivity contribution is -0.119. The SMILES string of the molecule is COCCCNC(=O)CN1CCc2cccc(F)c21. The van der Waals surface area contributed by atoms with Crippen molar-refractivity contribution in [3.8, 4) is 0 Å². The number of nitrogens with one attached hydrogen (secondary N) is 1.